The summed E-state index contributed by atoms with van der Waals surface area (Å²) >= 11 is 5.94. The first kappa shape index (κ1) is 21.7. The van der Waals surface area contributed by atoms with E-state index in [0.29, 0.717) is 35.3 Å². The molecule has 0 radical (unpaired) electrons. The van der Waals surface area contributed by atoms with E-state index in [1.807, 2.05) is 37.3 Å². The number of benzene rings is 2. The summed E-state index contributed by atoms with van der Waals surface area (Å²) in [5.41, 5.74) is 1.71. The molecule has 2 aromatic rings. The van der Waals surface area contributed by atoms with E-state index >= 15 is 0 Å². The Morgan fingerprint density at radius 3 is 2.24 bits per heavy atom. The number of ether oxygens (including phenoxy) is 2. The Bertz CT molecular complexity index is 1100. The number of fused-ring (bicyclic) bond motifs is 1. The van der Waals surface area contributed by atoms with Crippen LogP contribution in [0.4, 0.5) is 0 Å². The summed E-state index contributed by atoms with van der Waals surface area (Å²) in [7, 11) is 0. The van der Waals surface area contributed by atoms with Crippen molar-refractivity contribution < 1.29 is 19.1 Å². The molecule has 1 saturated heterocycles. The Balaban J connectivity index is 1.31. The standard InChI is InChI=1S/C26H25ClN2O4/c1-2-32-22-13-17(5-12-21(22)33-15-16-3-10-20(27)11-4-16)14-28-29-25(30)23-18-6-7-19(9-8-18)24(23)26(29)31/h3-7,10-14,18-19,23-24H,2,8-9,15H2,1H3/b28-14-/t18-,19-,23-,24-/m0/s1. The lowest BCUT2D eigenvalue weighted by molar-refractivity contribution is -0.140. The summed E-state index contributed by atoms with van der Waals surface area (Å²) in [6.07, 6.45) is 7.67. The molecule has 1 saturated carbocycles. The van der Waals surface area contributed by atoms with Crippen molar-refractivity contribution in [3.8, 4) is 11.5 Å². The number of hydrogen-bond donors (Lipinski definition) is 0. The molecule has 0 aromatic heterocycles. The van der Waals surface area contributed by atoms with Crippen molar-refractivity contribution in [2.45, 2.75) is 26.4 Å². The molecule has 2 amide bonds. The van der Waals surface area contributed by atoms with E-state index in [9.17, 15) is 9.59 Å². The van der Waals surface area contributed by atoms with E-state index in [1.165, 1.54) is 6.21 Å². The minimum atomic E-state index is -0.263. The number of allylic oxidation sites excluding steroid dienone is 2. The Hall–Kier alpha value is -3.12. The average Bonchev–Trinajstić information content (AvgIpc) is 3.11. The number of rotatable bonds is 7. The molecule has 2 aromatic carbocycles. The molecule has 2 bridgehead atoms. The topological polar surface area (TPSA) is 68.2 Å². The lowest BCUT2D eigenvalue weighted by Gasteiger charge is -2.37. The fourth-order valence-electron chi connectivity index (χ4n) is 5.03. The van der Waals surface area contributed by atoms with Gasteiger partial charge in [-0.1, -0.05) is 35.9 Å². The molecule has 0 unspecified atom stereocenters. The van der Waals surface area contributed by atoms with Gasteiger partial charge in [-0.2, -0.15) is 10.1 Å². The lowest BCUT2D eigenvalue weighted by atomic mass is 9.63. The maximum atomic E-state index is 12.9. The van der Waals surface area contributed by atoms with Crippen LogP contribution in [0.25, 0.3) is 0 Å². The monoisotopic (exact) mass is 464 g/mol. The summed E-state index contributed by atoms with van der Waals surface area (Å²) in [4.78, 5) is 25.9. The van der Waals surface area contributed by atoms with Gasteiger partial charge in [-0.3, -0.25) is 9.59 Å². The Labute approximate surface area is 197 Å². The van der Waals surface area contributed by atoms with Crippen molar-refractivity contribution in [3.05, 3.63) is 70.8 Å². The van der Waals surface area contributed by atoms with Crippen LogP contribution in [0.2, 0.25) is 5.02 Å². The first-order valence-corrected chi connectivity index (χ1v) is 11.7. The van der Waals surface area contributed by atoms with Gasteiger partial charge in [0.2, 0.25) is 0 Å². The second kappa shape index (κ2) is 9.02. The molecule has 170 valence electrons. The van der Waals surface area contributed by atoms with Gasteiger partial charge >= 0.3 is 0 Å². The molecule has 2 fully saturated rings. The second-order valence-corrected chi connectivity index (χ2v) is 9.07. The van der Waals surface area contributed by atoms with Crippen LogP contribution in [0.15, 0.2) is 59.7 Å². The average molecular weight is 465 g/mol. The van der Waals surface area contributed by atoms with Gasteiger partial charge in [0.25, 0.3) is 11.8 Å². The fourth-order valence-corrected chi connectivity index (χ4v) is 5.16. The van der Waals surface area contributed by atoms with E-state index in [0.717, 1.165) is 23.4 Å². The summed E-state index contributed by atoms with van der Waals surface area (Å²) in [5, 5.41) is 6.03. The van der Waals surface area contributed by atoms with E-state index in [4.69, 9.17) is 21.1 Å². The van der Waals surface area contributed by atoms with Crippen molar-refractivity contribution >= 4 is 29.6 Å². The van der Waals surface area contributed by atoms with Crippen LogP contribution in [-0.2, 0) is 16.2 Å². The van der Waals surface area contributed by atoms with Crippen LogP contribution in [0, 0.1) is 23.7 Å². The number of halogens is 1. The first-order chi connectivity index (χ1) is 16.0. The van der Waals surface area contributed by atoms with Gasteiger partial charge in [0.05, 0.1) is 24.7 Å². The molecule has 0 N–H and O–H groups in total. The van der Waals surface area contributed by atoms with Gasteiger partial charge < -0.3 is 9.47 Å². The van der Waals surface area contributed by atoms with Crippen LogP contribution in [0.5, 0.6) is 11.5 Å². The maximum Gasteiger partial charge on any atom is 0.254 e. The minimum absolute atomic E-state index is 0.151. The number of amides is 2. The van der Waals surface area contributed by atoms with Crippen molar-refractivity contribution in [1.82, 2.24) is 5.01 Å². The third-order valence-electron chi connectivity index (χ3n) is 6.63. The zero-order valence-electron chi connectivity index (χ0n) is 18.3. The fraction of sp³-hybridized carbons (Fsp3) is 0.346. The van der Waals surface area contributed by atoms with E-state index in [-0.39, 0.29) is 35.5 Å². The molecule has 6 rings (SSSR count). The zero-order chi connectivity index (χ0) is 22.9. The molecule has 4 atom stereocenters. The van der Waals surface area contributed by atoms with E-state index < -0.39 is 0 Å². The molecule has 0 spiro atoms. The summed E-state index contributed by atoms with van der Waals surface area (Å²) in [6.45, 7) is 2.75. The van der Waals surface area contributed by atoms with Crippen molar-refractivity contribution in [2.75, 3.05) is 6.61 Å². The van der Waals surface area contributed by atoms with Gasteiger partial charge in [-0.25, -0.2) is 0 Å². The van der Waals surface area contributed by atoms with E-state index in [1.54, 1.807) is 12.1 Å². The molecule has 7 heteroatoms. The van der Waals surface area contributed by atoms with Gasteiger partial charge in [-0.05, 0) is 73.1 Å². The summed E-state index contributed by atoms with van der Waals surface area (Å²) < 4.78 is 11.7. The van der Waals surface area contributed by atoms with Crippen molar-refractivity contribution in [3.63, 3.8) is 0 Å². The highest BCUT2D eigenvalue weighted by Gasteiger charge is 2.56. The Morgan fingerprint density at radius 1 is 0.970 bits per heavy atom. The largest absolute Gasteiger partial charge is 0.490 e. The van der Waals surface area contributed by atoms with Crippen LogP contribution in [-0.4, -0.2) is 29.6 Å². The summed E-state index contributed by atoms with van der Waals surface area (Å²) in [6, 6.07) is 12.9. The number of imide groups is 1. The van der Waals surface area contributed by atoms with Crippen molar-refractivity contribution in [2.24, 2.45) is 28.8 Å². The van der Waals surface area contributed by atoms with Crippen LogP contribution >= 0.6 is 11.6 Å². The number of hydrogen-bond acceptors (Lipinski definition) is 5. The maximum absolute atomic E-state index is 12.9. The van der Waals surface area contributed by atoms with Crippen molar-refractivity contribution in [1.29, 1.82) is 0 Å². The molecule has 6 nitrogen and oxygen atoms in total. The number of carbonyl (C=O) groups excluding carboxylic acids is 2. The second-order valence-electron chi connectivity index (χ2n) is 8.63. The van der Waals surface area contributed by atoms with Gasteiger partial charge in [0.15, 0.2) is 11.5 Å². The zero-order valence-corrected chi connectivity index (χ0v) is 19.1. The Kier molecular flexibility index (Phi) is 5.94. The third kappa shape index (κ3) is 4.15. The quantitative estimate of drug-likeness (QED) is 0.334. The predicted molar refractivity (Wildman–Crippen MR) is 125 cm³/mol. The highest BCUT2D eigenvalue weighted by atomic mass is 35.5. The molecular formula is C26H25ClN2O4. The highest BCUT2D eigenvalue weighted by Crippen LogP contribution is 2.49. The smallest absolute Gasteiger partial charge is 0.254 e. The highest BCUT2D eigenvalue weighted by molar-refractivity contribution is 6.30. The normalized spacial score (nSPS) is 25.7. The first-order valence-electron chi connectivity index (χ1n) is 11.3. The number of carbonyl (C=O) groups is 2. The molecule has 1 aliphatic heterocycles. The van der Waals surface area contributed by atoms with Crippen LogP contribution in [0.3, 0.4) is 0 Å². The van der Waals surface area contributed by atoms with E-state index in [2.05, 4.69) is 17.3 Å². The molecule has 4 aliphatic rings. The molecular weight excluding hydrogens is 440 g/mol. The number of nitrogens with zero attached hydrogens (tertiary/aromatic N) is 2. The SMILES string of the molecule is CCOc1cc(/C=N\N2C(=O)[C@@H]3[C@@H](C2=O)[C@H]2C=C[C@H]3CC2)ccc1OCc1ccc(Cl)cc1. The number of hydrazone groups is 1. The third-order valence-corrected chi connectivity index (χ3v) is 6.89. The minimum Gasteiger partial charge on any atom is -0.490 e. The van der Waals surface area contributed by atoms with Gasteiger partial charge in [0.1, 0.15) is 6.61 Å². The van der Waals surface area contributed by atoms with Gasteiger partial charge in [-0.15, -0.1) is 0 Å². The molecule has 1 heterocycles. The van der Waals surface area contributed by atoms with Crippen LogP contribution < -0.4 is 9.47 Å². The Morgan fingerprint density at radius 2 is 1.64 bits per heavy atom. The van der Waals surface area contributed by atoms with Gasteiger partial charge in [0, 0.05) is 5.02 Å². The summed E-state index contributed by atoms with van der Waals surface area (Å²) in [5.74, 6) is 0.580. The lowest BCUT2D eigenvalue weighted by Crippen LogP contribution is -2.38. The van der Waals surface area contributed by atoms with Crippen LogP contribution in [0.1, 0.15) is 30.9 Å². The molecule has 33 heavy (non-hydrogen) atoms. The molecule has 3 aliphatic carbocycles. The predicted octanol–water partition coefficient (Wildman–Crippen LogP) is 4.85.